The van der Waals surface area contributed by atoms with E-state index in [-0.39, 0.29) is 12.0 Å². The maximum Gasteiger partial charge on any atom is 0.325 e. The molecule has 1 fully saturated rings. The fourth-order valence-corrected chi connectivity index (χ4v) is 2.41. The van der Waals surface area contributed by atoms with Crippen molar-refractivity contribution < 1.29 is 14.3 Å². The largest absolute Gasteiger partial charge is 0.465 e. The fourth-order valence-electron chi connectivity index (χ4n) is 2.41. The van der Waals surface area contributed by atoms with Gasteiger partial charge in [0.1, 0.15) is 6.04 Å². The van der Waals surface area contributed by atoms with Gasteiger partial charge in [0.2, 0.25) is 0 Å². The van der Waals surface area contributed by atoms with Crippen LogP contribution in [0.5, 0.6) is 0 Å². The van der Waals surface area contributed by atoms with Crippen molar-refractivity contribution in [3.05, 3.63) is 0 Å². The first-order chi connectivity index (χ1) is 8.77. The predicted octanol–water partition coefficient (Wildman–Crippen LogP) is 2.12. The van der Waals surface area contributed by atoms with Gasteiger partial charge in [-0.3, -0.25) is 4.79 Å². The van der Waals surface area contributed by atoms with Crippen molar-refractivity contribution >= 4 is 5.97 Å². The van der Waals surface area contributed by atoms with Gasteiger partial charge in [-0.15, -0.1) is 0 Å². The minimum atomic E-state index is -0.321. The van der Waals surface area contributed by atoms with Crippen LogP contribution in [0, 0.1) is 5.92 Å². The summed E-state index contributed by atoms with van der Waals surface area (Å²) in [5.41, 5.74) is 0. The highest BCUT2D eigenvalue weighted by Gasteiger charge is 2.20. The molecule has 4 heteroatoms. The molecule has 0 amide bonds. The molecule has 1 N–H and O–H groups in total. The van der Waals surface area contributed by atoms with Gasteiger partial charge < -0.3 is 14.8 Å². The highest BCUT2D eigenvalue weighted by atomic mass is 16.5. The molecule has 0 saturated heterocycles. The van der Waals surface area contributed by atoms with Gasteiger partial charge in [0.25, 0.3) is 0 Å². The molecule has 0 spiro atoms. The number of esters is 1. The molecular formula is C14H27NO3. The minimum Gasteiger partial charge on any atom is -0.465 e. The van der Waals surface area contributed by atoms with E-state index in [0.29, 0.717) is 19.1 Å². The summed E-state index contributed by atoms with van der Waals surface area (Å²) in [5.74, 6) is 0.478. The number of hydrogen-bond acceptors (Lipinski definition) is 4. The number of nitrogens with one attached hydrogen (secondary N) is 1. The van der Waals surface area contributed by atoms with Crippen LogP contribution < -0.4 is 5.32 Å². The monoisotopic (exact) mass is 257 g/mol. The number of likely N-dealkylation sites (N-methyl/N-ethyl adjacent to an activating group) is 1. The molecule has 1 aliphatic carbocycles. The van der Waals surface area contributed by atoms with Gasteiger partial charge in [0, 0.05) is 6.61 Å². The minimum absolute atomic E-state index is 0.206. The number of rotatable bonds is 8. The molecule has 0 aromatic heterocycles. The third kappa shape index (κ3) is 5.83. The summed E-state index contributed by atoms with van der Waals surface area (Å²) in [5, 5.41) is 3.11. The van der Waals surface area contributed by atoms with Crippen LogP contribution in [0.2, 0.25) is 0 Å². The maximum absolute atomic E-state index is 11.7. The third-order valence-electron chi connectivity index (χ3n) is 3.38. The van der Waals surface area contributed by atoms with Crippen molar-refractivity contribution in [1.29, 1.82) is 0 Å². The standard InChI is InChI=1S/C14H27NO3/c1-3-15-13(14(16)18-4-2)11-17-10-12-8-6-5-7-9-12/h12-13,15H,3-11H2,1-2H3. The normalized spacial score (nSPS) is 18.6. The highest BCUT2D eigenvalue weighted by Crippen LogP contribution is 2.23. The fraction of sp³-hybridized carbons (Fsp3) is 0.929. The molecule has 0 aromatic rings. The van der Waals surface area contributed by atoms with Crippen molar-refractivity contribution in [2.45, 2.75) is 52.0 Å². The zero-order valence-electron chi connectivity index (χ0n) is 11.7. The van der Waals surface area contributed by atoms with E-state index in [1.54, 1.807) is 0 Å². The average molecular weight is 257 g/mol. The van der Waals surface area contributed by atoms with E-state index in [2.05, 4.69) is 5.32 Å². The lowest BCUT2D eigenvalue weighted by Crippen LogP contribution is -2.42. The number of hydrogen-bond donors (Lipinski definition) is 1. The number of carbonyl (C=O) groups is 1. The lowest BCUT2D eigenvalue weighted by Gasteiger charge is -2.23. The molecule has 18 heavy (non-hydrogen) atoms. The van der Waals surface area contributed by atoms with E-state index < -0.39 is 0 Å². The van der Waals surface area contributed by atoms with Crippen LogP contribution in [0.25, 0.3) is 0 Å². The molecule has 0 radical (unpaired) electrons. The Morgan fingerprint density at radius 2 is 2.00 bits per heavy atom. The van der Waals surface area contributed by atoms with Crippen LogP contribution >= 0.6 is 0 Å². The summed E-state index contributed by atoms with van der Waals surface area (Å²) < 4.78 is 10.7. The van der Waals surface area contributed by atoms with E-state index in [1.165, 1.54) is 32.1 Å². The lowest BCUT2D eigenvalue weighted by atomic mass is 9.90. The average Bonchev–Trinajstić information content (AvgIpc) is 2.39. The van der Waals surface area contributed by atoms with Crippen LogP contribution in [0.3, 0.4) is 0 Å². The Kier molecular flexibility index (Phi) is 8.01. The zero-order valence-corrected chi connectivity index (χ0v) is 11.7. The summed E-state index contributed by atoms with van der Waals surface area (Å²) in [4.78, 5) is 11.7. The van der Waals surface area contributed by atoms with Crippen LogP contribution in [0.15, 0.2) is 0 Å². The summed E-state index contributed by atoms with van der Waals surface area (Å²) >= 11 is 0. The Hall–Kier alpha value is -0.610. The summed E-state index contributed by atoms with van der Waals surface area (Å²) in [6, 6.07) is -0.321. The third-order valence-corrected chi connectivity index (χ3v) is 3.38. The van der Waals surface area contributed by atoms with Gasteiger partial charge in [-0.2, -0.15) is 0 Å². The Labute approximate surface area is 110 Å². The van der Waals surface area contributed by atoms with Gasteiger partial charge in [-0.05, 0) is 32.2 Å². The molecule has 106 valence electrons. The molecule has 4 nitrogen and oxygen atoms in total. The molecule has 0 bridgehead atoms. The van der Waals surface area contributed by atoms with Crippen LogP contribution in [0.4, 0.5) is 0 Å². The van der Waals surface area contributed by atoms with Gasteiger partial charge in [0.15, 0.2) is 0 Å². The second-order valence-corrected chi connectivity index (χ2v) is 4.90. The first-order valence-electron chi connectivity index (χ1n) is 7.25. The molecule has 0 aromatic carbocycles. The SMILES string of the molecule is CCNC(COCC1CCCCC1)C(=O)OCC. The molecule has 1 unspecified atom stereocenters. The van der Waals surface area contributed by atoms with Gasteiger partial charge >= 0.3 is 5.97 Å². The van der Waals surface area contributed by atoms with Gasteiger partial charge in [-0.25, -0.2) is 0 Å². The predicted molar refractivity (Wildman–Crippen MR) is 71.5 cm³/mol. The molecular weight excluding hydrogens is 230 g/mol. The first-order valence-corrected chi connectivity index (χ1v) is 7.25. The van der Waals surface area contributed by atoms with Gasteiger partial charge in [0.05, 0.1) is 13.2 Å². The second-order valence-electron chi connectivity index (χ2n) is 4.90. The molecule has 1 saturated carbocycles. The van der Waals surface area contributed by atoms with Crippen LogP contribution in [-0.2, 0) is 14.3 Å². The topological polar surface area (TPSA) is 47.6 Å². The zero-order chi connectivity index (χ0) is 13.2. The van der Waals surface area contributed by atoms with E-state index in [1.807, 2.05) is 13.8 Å². The molecule has 0 aliphatic heterocycles. The van der Waals surface area contributed by atoms with E-state index in [9.17, 15) is 4.79 Å². The smallest absolute Gasteiger partial charge is 0.325 e. The maximum atomic E-state index is 11.7. The summed E-state index contributed by atoms with van der Waals surface area (Å²) in [6.45, 7) is 6.17. The number of carbonyl (C=O) groups excluding carboxylic acids is 1. The molecule has 0 heterocycles. The second kappa shape index (κ2) is 9.34. The highest BCUT2D eigenvalue weighted by molar-refractivity contribution is 5.75. The Morgan fingerprint density at radius 3 is 2.61 bits per heavy atom. The molecule has 1 aliphatic rings. The lowest BCUT2D eigenvalue weighted by molar-refractivity contribution is -0.147. The Balaban J connectivity index is 2.21. The van der Waals surface area contributed by atoms with Crippen LogP contribution in [-0.4, -0.2) is 38.4 Å². The Morgan fingerprint density at radius 1 is 1.28 bits per heavy atom. The van der Waals surface area contributed by atoms with E-state index in [0.717, 1.165) is 13.2 Å². The quantitative estimate of drug-likeness (QED) is 0.677. The summed E-state index contributed by atoms with van der Waals surface area (Å²) in [6.07, 6.45) is 6.54. The van der Waals surface area contributed by atoms with Gasteiger partial charge in [-0.1, -0.05) is 26.2 Å². The first kappa shape index (κ1) is 15.4. The van der Waals surface area contributed by atoms with Crippen molar-refractivity contribution in [3.63, 3.8) is 0 Å². The van der Waals surface area contributed by atoms with Crippen molar-refractivity contribution in [2.24, 2.45) is 5.92 Å². The van der Waals surface area contributed by atoms with E-state index >= 15 is 0 Å². The van der Waals surface area contributed by atoms with Crippen LogP contribution in [0.1, 0.15) is 46.0 Å². The van der Waals surface area contributed by atoms with E-state index in [4.69, 9.17) is 9.47 Å². The van der Waals surface area contributed by atoms with Crippen molar-refractivity contribution in [2.75, 3.05) is 26.4 Å². The van der Waals surface area contributed by atoms with Crippen molar-refractivity contribution in [3.8, 4) is 0 Å². The van der Waals surface area contributed by atoms with Crippen molar-refractivity contribution in [1.82, 2.24) is 5.32 Å². The molecule has 1 rings (SSSR count). The summed E-state index contributed by atoms with van der Waals surface area (Å²) in [7, 11) is 0. The molecule has 1 atom stereocenters. The number of ether oxygens (including phenoxy) is 2. The Bertz CT molecular complexity index is 227.